The maximum atomic E-state index is 12.2. The van der Waals surface area contributed by atoms with E-state index in [4.69, 9.17) is 11.6 Å². The topological polar surface area (TPSA) is 52.7 Å². The lowest BCUT2D eigenvalue weighted by atomic mass is 10.1. The lowest BCUT2D eigenvalue weighted by molar-refractivity contribution is -0.131. The van der Waals surface area contributed by atoms with Gasteiger partial charge in [0.2, 0.25) is 5.91 Å². The van der Waals surface area contributed by atoms with Crippen molar-refractivity contribution in [1.29, 1.82) is 0 Å². The van der Waals surface area contributed by atoms with E-state index in [0.717, 1.165) is 5.56 Å². The first-order chi connectivity index (χ1) is 10.1. The lowest BCUT2D eigenvalue weighted by Crippen LogP contribution is -2.53. The third-order valence-corrected chi connectivity index (χ3v) is 3.73. The van der Waals surface area contributed by atoms with Crippen LogP contribution >= 0.6 is 11.6 Å². The summed E-state index contributed by atoms with van der Waals surface area (Å²) >= 11 is 5.92. The molecule has 1 heterocycles. The molecule has 1 aromatic carbocycles. The Labute approximate surface area is 129 Å². The first-order valence-corrected chi connectivity index (χ1v) is 7.53. The molecule has 114 valence electrons. The van der Waals surface area contributed by atoms with Gasteiger partial charge in [-0.25, -0.2) is 4.79 Å². The standard InChI is InChI=1S/C15H20ClN3O2/c1-2-17-15(21)19-8-6-18(7-9-19)14(20)11-12-4-3-5-13(16)10-12/h3-5,10H,2,6-9,11H2,1H3,(H,17,21). The van der Waals surface area contributed by atoms with E-state index in [1.54, 1.807) is 15.9 Å². The van der Waals surface area contributed by atoms with Crippen LogP contribution in [-0.4, -0.2) is 54.5 Å². The van der Waals surface area contributed by atoms with Crippen LogP contribution in [0, 0.1) is 0 Å². The highest BCUT2D eigenvalue weighted by Gasteiger charge is 2.23. The smallest absolute Gasteiger partial charge is 0.317 e. The van der Waals surface area contributed by atoms with E-state index in [9.17, 15) is 9.59 Å². The molecular formula is C15H20ClN3O2. The molecule has 0 saturated carbocycles. The zero-order chi connectivity index (χ0) is 15.2. The van der Waals surface area contributed by atoms with E-state index < -0.39 is 0 Å². The van der Waals surface area contributed by atoms with Crippen LogP contribution in [0.25, 0.3) is 0 Å². The van der Waals surface area contributed by atoms with Crippen molar-refractivity contribution in [2.45, 2.75) is 13.3 Å². The zero-order valence-corrected chi connectivity index (χ0v) is 12.9. The number of benzene rings is 1. The Hall–Kier alpha value is -1.75. The molecule has 6 heteroatoms. The second-order valence-electron chi connectivity index (χ2n) is 5.01. The number of carbonyl (C=O) groups is 2. The average molecular weight is 310 g/mol. The van der Waals surface area contributed by atoms with Crippen molar-refractivity contribution in [2.24, 2.45) is 0 Å². The average Bonchev–Trinajstić information content (AvgIpc) is 2.47. The van der Waals surface area contributed by atoms with Crippen LogP contribution in [0.1, 0.15) is 12.5 Å². The first-order valence-electron chi connectivity index (χ1n) is 7.15. The molecule has 1 aliphatic rings. The van der Waals surface area contributed by atoms with E-state index in [1.807, 2.05) is 25.1 Å². The molecular weight excluding hydrogens is 290 g/mol. The molecule has 5 nitrogen and oxygen atoms in total. The molecule has 1 aromatic rings. The summed E-state index contributed by atoms with van der Waals surface area (Å²) in [4.78, 5) is 27.5. The van der Waals surface area contributed by atoms with Crippen LogP contribution in [0.4, 0.5) is 4.79 Å². The summed E-state index contributed by atoms with van der Waals surface area (Å²) in [6, 6.07) is 7.29. The summed E-state index contributed by atoms with van der Waals surface area (Å²) in [5.41, 5.74) is 0.915. The fourth-order valence-corrected chi connectivity index (χ4v) is 2.57. The lowest BCUT2D eigenvalue weighted by Gasteiger charge is -2.34. The van der Waals surface area contributed by atoms with Crippen LogP contribution in [0.2, 0.25) is 5.02 Å². The van der Waals surface area contributed by atoms with E-state index in [-0.39, 0.29) is 11.9 Å². The number of hydrogen-bond acceptors (Lipinski definition) is 2. The number of amides is 3. The monoisotopic (exact) mass is 309 g/mol. The van der Waals surface area contributed by atoms with Gasteiger partial charge in [0, 0.05) is 37.7 Å². The van der Waals surface area contributed by atoms with Gasteiger partial charge in [-0.3, -0.25) is 4.79 Å². The highest BCUT2D eigenvalue weighted by atomic mass is 35.5. The number of halogens is 1. The predicted molar refractivity (Wildman–Crippen MR) is 82.4 cm³/mol. The van der Waals surface area contributed by atoms with Crippen LogP contribution < -0.4 is 5.32 Å². The van der Waals surface area contributed by atoms with Gasteiger partial charge in [-0.05, 0) is 24.6 Å². The van der Waals surface area contributed by atoms with Gasteiger partial charge in [0.25, 0.3) is 0 Å². The minimum Gasteiger partial charge on any atom is -0.339 e. The number of piperazine rings is 1. The highest BCUT2D eigenvalue weighted by Crippen LogP contribution is 2.13. The summed E-state index contributed by atoms with van der Waals surface area (Å²) in [7, 11) is 0. The second kappa shape index (κ2) is 7.31. The molecule has 0 atom stereocenters. The number of urea groups is 1. The van der Waals surface area contributed by atoms with Gasteiger partial charge in [0.1, 0.15) is 0 Å². The minimum absolute atomic E-state index is 0.0561. The fraction of sp³-hybridized carbons (Fsp3) is 0.467. The van der Waals surface area contributed by atoms with Crippen molar-refractivity contribution >= 4 is 23.5 Å². The largest absolute Gasteiger partial charge is 0.339 e. The van der Waals surface area contributed by atoms with Gasteiger partial charge >= 0.3 is 6.03 Å². The van der Waals surface area contributed by atoms with Gasteiger partial charge in [-0.1, -0.05) is 23.7 Å². The fourth-order valence-electron chi connectivity index (χ4n) is 2.36. The Bertz CT molecular complexity index is 513. The molecule has 0 radical (unpaired) electrons. The van der Waals surface area contributed by atoms with Crippen molar-refractivity contribution < 1.29 is 9.59 Å². The van der Waals surface area contributed by atoms with Gasteiger partial charge in [-0.15, -0.1) is 0 Å². The highest BCUT2D eigenvalue weighted by molar-refractivity contribution is 6.30. The summed E-state index contributed by atoms with van der Waals surface area (Å²) in [6.07, 6.45) is 0.349. The van der Waals surface area contributed by atoms with E-state index in [1.165, 1.54) is 0 Å². The van der Waals surface area contributed by atoms with Crippen molar-refractivity contribution in [1.82, 2.24) is 15.1 Å². The molecule has 3 amide bonds. The van der Waals surface area contributed by atoms with Gasteiger partial charge in [-0.2, -0.15) is 0 Å². The molecule has 0 aliphatic carbocycles. The number of nitrogens with zero attached hydrogens (tertiary/aromatic N) is 2. The quantitative estimate of drug-likeness (QED) is 0.925. The van der Waals surface area contributed by atoms with Crippen LogP contribution in [-0.2, 0) is 11.2 Å². The Morgan fingerprint density at radius 2 is 1.86 bits per heavy atom. The van der Waals surface area contributed by atoms with Crippen LogP contribution in [0.15, 0.2) is 24.3 Å². The summed E-state index contributed by atoms with van der Waals surface area (Å²) in [5, 5.41) is 3.41. The van der Waals surface area contributed by atoms with Gasteiger partial charge < -0.3 is 15.1 Å². The summed E-state index contributed by atoms with van der Waals surface area (Å²) in [5.74, 6) is 0.0767. The van der Waals surface area contributed by atoms with Crippen molar-refractivity contribution in [3.05, 3.63) is 34.9 Å². The zero-order valence-electron chi connectivity index (χ0n) is 12.1. The van der Waals surface area contributed by atoms with Crippen LogP contribution in [0.5, 0.6) is 0 Å². The molecule has 1 N–H and O–H groups in total. The predicted octanol–water partition coefficient (Wildman–Crippen LogP) is 1.76. The number of carbonyl (C=O) groups excluding carboxylic acids is 2. The number of hydrogen-bond donors (Lipinski definition) is 1. The molecule has 0 spiro atoms. The Kier molecular flexibility index (Phi) is 5.44. The van der Waals surface area contributed by atoms with E-state index >= 15 is 0 Å². The maximum absolute atomic E-state index is 12.2. The Morgan fingerprint density at radius 3 is 2.48 bits per heavy atom. The molecule has 2 rings (SSSR count). The number of rotatable bonds is 3. The molecule has 0 bridgehead atoms. The normalized spacial score (nSPS) is 15.0. The van der Waals surface area contributed by atoms with Crippen molar-refractivity contribution in [3.63, 3.8) is 0 Å². The van der Waals surface area contributed by atoms with Gasteiger partial charge in [0.05, 0.1) is 6.42 Å². The summed E-state index contributed by atoms with van der Waals surface area (Å²) in [6.45, 7) is 4.82. The van der Waals surface area contributed by atoms with Crippen LogP contribution in [0.3, 0.4) is 0 Å². The molecule has 1 saturated heterocycles. The SMILES string of the molecule is CCNC(=O)N1CCN(C(=O)Cc2cccc(Cl)c2)CC1. The van der Waals surface area contributed by atoms with E-state index in [2.05, 4.69) is 5.32 Å². The van der Waals surface area contributed by atoms with Crippen molar-refractivity contribution in [2.75, 3.05) is 32.7 Å². The molecule has 21 heavy (non-hydrogen) atoms. The molecule has 0 aromatic heterocycles. The first kappa shape index (κ1) is 15.6. The third-order valence-electron chi connectivity index (χ3n) is 3.49. The maximum Gasteiger partial charge on any atom is 0.317 e. The molecule has 0 unspecified atom stereocenters. The Morgan fingerprint density at radius 1 is 1.19 bits per heavy atom. The molecule has 1 aliphatic heterocycles. The third kappa shape index (κ3) is 4.36. The van der Waals surface area contributed by atoms with Gasteiger partial charge in [0.15, 0.2) is 0 Å². The van der Waals surface area contributed by atoms with Crippen molar-refractivity contribution in [3.8, 4) is 0 Å². The summed E-state index contributed by atoms with van der Waals surface area (Å²) < 4.78 is 0. The minimum atomic E-state index is -0.0561. The second-order valence-corrected chi connectivity index (χ2v) is 5.45. The molecule has 1 fully saturated rings. The number of nitrogens with one attached hydrogen (secondary N) is 1. The van der Waals surface area contributed by atoms with E-state index in [0.29, 0.717) is 44.2 Å². The Balaban J connectivity index is 1.84.